The van der Waals surface area contributed by atoms with Crippen LogP contribution in [0, 0.1) is 6.07 Å². The van der Waals surface area contributed by atoms with Crippen molar-refractivity contribution in [2.75, 3.05) is 13.7 Å². The third kappa shape index (κ3) is 3.34. The van der Waals surface area contributed by atoms with Crippen LogP contribution in [0.1, 0.15) is 0 Å². The van der Waals surface area contributed by atoms with Crippen LogP contribution < -0.4 is 4.74 Å². The molecule has 0 atom stereocenters. The van der Waals surface area contributed by atoms with Gasteiger partial charge in [-0.3, -0.25) is 0 Å². The molecule has 0 unspecified atom stereocenters. The van der Waals surface area contributed by atoms with Crippen molar-refractivity contribution in [2.45, 2.75) is 0 Å². The summed E-state index contributed by atoms with van der Waals surface area (Å²) in [5, 5.41) is 0.574. The number of rotatable bonds is 3. The first-order valence-electron chi connectivity index (χ1n) is 3.59. The summed E-state index contributed by atoms with van der Waals surface area (Å²) in [7, 11) is 1.30. The number of esters is 1. The molecule has 1 aromatic rings. The highest BCUT2D eigenvalue weighted by atomic mass is 35.5. The highest BCUT2D eigenvalue weighted by Crippen LogP contribution is 2.14. The zero-order valence-corrected chi connectivity index (χ0v) is 7.80. The van der Waals surface area contributed by atoms with Crippen LogP contribution in [0.2, 0.25) is 5.02 Å². The molecule has 0 aromatic heterocycles. The van der Waals surface area contributed by atoms with Gasteiger partial charge in [-0.1, -0.05) is 11.6 Å². The largest absolute Gasteiger partial charge is 0.481 e. The minimum Gasteiger partial charge on any atom is -0.481 e. The second-order valence-corrected chi connectivity index (χ2v) is 2.67. The SMILES string of the molecule is COC(=O)COc1[c]cc(Cl)cc1. The molecule has 0 aliphatic rings. The molecule has 0 amide bonds. The monoisotopic (exact) mass is 199 g/mol. The Hall–Kier alpha value is -1.22. The van der Waals surface area contributed by atoms with Crippen molar-refractivity contribution >= 4 is 17.6 Å². The van der Waals surface area contributed by atoms with E-state index >= 15 is 0 Å². The van der Waals surface area contributed by atoms with Gasteiger partial charge in [-0.2, -0.15) is 0 Å². The Morgan fingerprint density at radius 2 is 2.38 bits per heavy atom. The van der Waals surface area contributed by atoms with Gasteiger partial charge in [0.2, 0.25) is 0 Å². The summed E-state index contributed by atoms with van der Waals surface area (Å²) < 4.78 is 9.42. The highest BCUT2D eigenvalue weighted by Gasteiger charge is 2.00. The first-order chi connectivity index (χ1) is 6.22. The summed E-state index contributed by atoms with van der Waals surface area (Å²) in [6.45, 7) is -0.116. The van der Waals surface area contributed by atoms with Crippen LogP contribution in [0.15, 0.2) is 18.2 Å². The van der Waals surface area contributed by atoms with Crippen molar-refractivity contribution in [3.8, 4) is 5.75 Å². The van der Waals surface area contributed by atoms with E-state index in [0.717, 1.165) is 0 Å². The lowest BCUT2D eigenvalue weighted by atomic mass is 10.3. The molecule has 1 rings (SSSR count). The summed E-state index contributed by atoms with van der Waals surface area (Å²) in [5.74, 6) is 0.0400. The van der Waals surface area contributed by atoms with Gasteiger partial charge in [0.25, 0.3) is 0 Å². The van der Waals surface area contributed by atoms with Crippen molar-refractivity contribution in [1.29, 1.82) is 0 Å². The first-order valence-corrected chi connectivity index (χ1v) is 3.97. The number of carbonyl (C=O) groups excluding carboxylic acids is 1. The standard InChI is InChI=1S/C9H8ClO3/c1-12-9(11)6-13-8-4-2-7(10)3-5-8/h2-4H,6H2,1H3. The highest BCUT2D eigenvalue weighted by molar-refractivity contribution is 6.30. The van der Waals surface area contributed by atoms with Gasteiger partial charge in [-0.25, -0.2) is 4.79 Å². The Morgan fingerprint density at radius 3 is 2.92 bits per heavy atom. The Labute approximate surface area is 81.2 Å². The summed E-state index contributed by atoms with van der Waals surface area (Å²) in [5.41, 5.74) is 0. The van der Waals surface area contributed by atoms with Crippen molar-refractivity contribution < 1.29 is 14.3 Å². The van der Waals surface area contributed by atoms with Crippen molar-refractivity contribution in [2.24, 2.45) is 0 Å². The molecule has 13 heavy (non-hydrogen) atoms. The second-order valence-electron chi connectivity index (χ2n) is 2.24. The summed E-state index contributed by atoms with van der Waals surface area (Å²) in [4.78, 5) is 10.7. The number of hydrogen-bond acceptors (Lipinski definition) is 3. The van der Waals surface area contributed by atoms with Crippen LogP contribution in [0.5, 0.6) is 5.75 Å². The summed E-state index contributed by atoms with van der Waals surface area (Å²) in [6, 6.07) is 7.61. The Bertz CT molecular complexity index is 281. The van der Waals surface area contributed by atoms with E-state index in [1.54, 1.807) is 18.2 Å². The molecular weight excluding hydrogens is 192 g/mol. The lowest BCUT2D eigenvalue weighted by Crippen LogP contribution is -2.12. The van der Waals surface area contributed by atoms with E-state index in [9.17, 15) is 4.79 Å². The summed E-state index contributed by atoms with van der Waals surface area (Å²) in [6.07, 6.45) is 0. The third-order valence-corrected chi connectivity index (χ3v) is 1.55. The van der Waals surface area contributed by atoms with Crippen LogP contribution in [0.4, 0.5) is 0 Å². The van der Waals surface area contributed by atoms with Crippen molar-refractivity contribution in [3.63, 3.8) is 0 Å². The fraction of sp³-hybridized carbons (Fsp3) is 0.222. The zero-order valence-electron chi connectivity index (χ0n) is 7.04. The normalized spacial score (nSPS) is 9.38. The number of ether oxygens (including phenoxy) is 2. The van der Waals surface area contributed by atoms with Gasteiger partial charge in [0, 0.05) is 11.1 Å². The lowest BCUT2D eigenvalue weighted by Gasteiger charge is -2.03. The molecule has 0 fully saturated rings. The molecule has 1 radical (unpaired) electrons. The van der Waals surface area contributed by atoms with Gasteiger partial charge in [0.05, 0.1) is 7.11 Å². The van der Waals surface area contributed by atoms with Gasteiger partial charge in [0.1, 0.15) is 5.75 Å². The molecule has 0 bridgehead atoms. The molecule has 0 N–H and O–H groups in total. The molecule has 0 aliphatic carbocycles. The zero-order chi connectivity index (χ0) is 9.68. The van der Waals surface area contributed by atoms with Gasteiger partial charge >= 0.3 is 5.97 Å². The van der Waals surface area contributed by atoms with Crippen LogP contribution in [0.25, 0.3) is 0 Å². The van der Waals surface area contributed by atoms with Gasteiger partial charge in [0.15, 0.2) is 6.61 Å². The van der Waals surface area contributed by atoms with Crippen molar-refractivity contribution in [3.05, 3.63) is 29.3 Å². The second kappa shape index (κ2) is 4.72. The molecule has 0 spiro atoms. The maximum atomic E-state index is 10.7. The predicted octanol–water partition coefficient (Wildman–Crippen LogP) is 1.69. The molecule has 0 saturated heterocycles. The van der Waals surface area contributed by atoms with Crippen LogP contribution in [0.3, 0.4) is 0 Å². The smallest absolute Gasteiger partial charge is 0.343 e. The van der Waals surface area contributed by atoms with E-state index in [0.29, 0.717) is 10.8 Å². The molecule has 1 aromatic carbocycles. The number of halogens is 1. The number of methoxy groups -OCH3 is 1. The Kier molecular flexibility index (Phi) is 3.58. The topological polar surface area (TPSA) is 35.5 Å². The maximum absolute atomic E-state index is 10.7. The molecule has 0 aliphatic heterocycles. The van der Waals surface area contributed by atoms with E-state index in [1.807, 2.05) is 0 Å². The van der Waals surface area contributed by atoms with E-state index in [1.165, 1.54) is 7.11 Å². The average Bonchev–Trinajstić information content (AvgIpc) is 2.16. The average molecular weight is 200 g/mol. The molecule has 0 saturated carbocycles. The number of hydrogen-bond donors (Lipinski definition) is 0. The Morgan fingerprint density at radius 1 is 1.62 bits per heavy atom. The molecule has 3 nitrogen and oxygen atoms in total. The minimum atomic E-state index is -0.427. The van der Waals surface area contributed by atoms with Crippen LogP contribution in [-0.2, 0) is 9.53 Å². The van der Waals surface area contributed by atoms with E-state index in [4.69, 9.17) is 16.3 Å². The summed E-state index contributed by atoms with van der Waals surface area (Å²) >= 11 is 5.62. The number of benzene rings is 1. The van der Waals surface area contributed by atoms with E-state index in [-0.39, 0.29) is 6.61 Å². The third-order valence-electron chi connectivity index (χ3n) is 1.32. The molecule has 69 valence electrons. The molecular formula is C9H8ClO3. The fourth-order valence-corrected chi connectivity index (χ4v) is 0.795. The van der Waals surface area contributed by atoms with Gasteiger partial charge < -0.3 is 9.47 Å². The van der Waals surface area contributed by atoms with E-state index < -0.39 is 5.97 Å². The number of carbonyl (C=O) groups is 1. The van der Waals surface area contributed by atoms with Crippen molar-refractivity contribution in [1.82, 2.24) is 0 Å². The van der Waals surface area contributed by atoms with Crippen LogP contribution in [-0.4, -0.2) is 19.7 Å². The molecule has 0 heterocycles. The van der Waals surface area contributed by atoms with Crippen LogP contribution >= 0.6 is 11.6 Å². The minimum absolute atomic E-state index is 0.116. The lowest BCUT2D eigenvalue weighted by molar-refractivity contribution is -0.142. The Balaban J connectivity index is 2.46. The van der Waals surface area contributed by atoms with E-state index in [2.05, 4.69) is 10.8 Å². The first kappa shape index (κ1) is 9.86. The molecule has 4 heteroatoms. The predicted molar refractivity (Wildman–Crippen MR) is 47.8 cm³/mol. The van der Waals surface area contributed by atoms with Gasteiger partial charge in [-0.05, 0) is 18.2 Å². The van der Waals surface area contributed by atoms with Gasteiger partial charge in [-0.15, -0.1) is 0 Å². The quantitative estimate of drug-likeness (QED) is 0.695. The fourth-order valence-electron chi connectivity index (χ4n) is 0.677. The maximum Gasteiger partial charge on any atom is 0.343 e.